The largest absolute Gasteiger partial charge is 0.0654 e. The third kappa shape index (κ3) is 2.45. The number of rotatable bonds is 1. The molecule has 0 saturated carbocycles. The Balaban J connectivity index is 2.99. The van der Waals surface area contributed by atoms with Gasteiger partial charge < -0.3 is 0 Å². The SMILES string of the molecule is CC(C)C(C)[Si]. The molecule has 0 bridgehead atoms. The van der Waals surface area contributed by atoms with Crippen LogP contribution in [0.15, 0.2) is 0 Å². The molecule has 0 fully saturated rings. The van der Waals surface area contributed by atoms with Gasteiger partial charge in [0, 0.05) is 10.2 Å². The molecule has 0 N–H and O–H groups in total. The zero-order valence-electron chi connectivity index (χ0n) is 4.65. The van der Waals surface area contributed by atoms with Gasteiger partial charge in [0.05, 0.1) is 0 Å². The molecule has 35 valence electrons. The number of hydrogen-bond acceptors (Lipinski definition) is 0. The average molecular weight is 99.2 g/mol. The fourth-order valence-electron chi connectivity index (χ4n) is 0. The average Bonchev–Trinajstić information content (AvgIpc) is 1.36. The van der Waals surface area contributed by atoms with Gasteiger partial charge in [-0.2, -0.15) is 0 Å². The fourth-order valence-corrected chi connectivity index (χ4v) is 0. The molecule has 0 amide bonds. The third-order valence-electron chi connectivity index (χ3n) is 1.00. The zero-order valence-corrected chi connectivity index (χ0v) is 5.65. The summed E-state index contributed by atoms with van der Waals surface area (Å²) < 4.78 is 0. The molecule has 6 heavy (non-hydrogen) atoms. The summed E-state index contributed by atoms with van der Waals surface area (Å²) in [5.41, 5.74) is 0.657. The maximum atomic E-state index is 3.48. The maximum Gasteiger partial charge on any atom is 0.0265 e. The van der Waals surface area contributed by atoms with Gasteiger partial charge in [-0.1, -0.05) is 26.3 Å². The maximum absolute atomic E-state index is 3.48. The van der Waals surface area contributed by atoms with Crippen LogP contribution in [0.4, 0.5) is 0 Å². The molecule has 0 aliphatic carbocycles. The summed E-state index contributed by atoms with van der Waals surface area (Å²) in [4.78, 5) is 0. The lowest BCUT2D eigenvalue weighted by atomic mass is 10.1. The zero-order chi connectivity index (χ0) is 5.15. The Hall–Kier alpha value is 0.217. The van der Waals surface area contributed by atoms with Crippen molar-refractivity contribution in [3.63, 3.8) is 0 Å². The molecule has 1 unspecified atom stereocenters. The van der Waals surface area contributed by atoms with Crippen molar-refractivity contribution in [3.05, 3.63) is 0 Å². The molecule has 3 radical (unpaired) electrons. The molecule has 0 aromatic rings. The summed E-state index contributed by atoms with van der Waals surface area (Å²) in [6.45, 7) is 6.54. The van der Waals surface area contributed by atoms with E-state index in [9.17, 15) is 0 Å². The molecule has 0 aliphatic heterocycles. The van der Waals surface area contributed by atoms with Gasteiger partial charge in [-0.05, 0) is 5.92 Å². The van der Waals surface area contributed by atoms with E-state index in [4.69, 9.17) is 0 Å². The van der Waals surface area contributed by atoms with Gasteiger partial charge in [0.1, 0.15) is 0 Å². The minimum atomic E-state index is 0.657. The first-order chi connectivity index (χ1) is 2.64. The van der Waals surface area contributed by atoms with Crippen LogP contribution in [0.25, 0.3) is 0 Å². The molecule has 0 heterocycles. The van der Waals surface area contributed by atoms with Gasteiger partial charge in [0.15, 0.2) is 0 Å². The topological polar surface area (TPSA) is 0 Å². The Bertz CT molecular complexity index is 24.9. The first-order valence-corrected chi connectivity index (χ1v) is 2.93. The van der Waals surface area contributed by atoms with Gasteiger partial charge in [-0.3, -0.25) is 0 Å². The Morgan fingerprint density at radius 3 is 1.33 bits per heavy atom. The lowest BCUT2D eigenvalue weighted by Crippen LogP contribution is -1.93. The van der Waals surface area contributed by atoms with E-state index in [-0.39, 0.29) is 0 Å². The Morgan fingerprint density at radius 2 is 1.33 bits per heavy atom. The van der Waals surface area contributed by atoms with Crippen LogP contribution >= 0.6 is 0 Å². The van der Waals surface area contributed by atoms with E-state index < -0.39 is 0 Å². The van der Waals surface area contributed by atoms with Crippen LogP contribution in [-0.4, -0.2) is 10.2 Å². The van der Waals surface area contributed by atoms with E-state index in [1.807, 2.05) is 0 Å². The third-order valence-corrected chi connectivity index (χ3v) is 1.67. The summed E-state index contributed by atoms with van der Waals surface area (Å²) in [5.74, 6) is 0.765. The quantitative estimate of drug-likeness (QED) is 0.438. The molecular formula is C5H11Si. The van der Waals surface area contributed by atoms with Crippen LogP contribution in [0.5, 0.6) is 0 Å². The summed E-state index contributed by atoms with van der Waals surface area (Å²) in [6.07, 6.45) is 0. The molecule has 0 spiro atoms. The summed E-state index contributed by atoms with van der Waals surface area (Å²) in [6, 6.07) is 0. The second-order valence-electron chi connectivity index (χ2n) is 2.03. The highest BCUT2D eigenvalue weighted by molar-refractivity contribution is 6.11. The summed E-state index contributed by atoms with van der Waals surface area (Å²) in [7, 11) is 3.48. The molecule has 0 aromatic heterocycles. The summed E-state index contributed by atoms with van der Waals surface area (Å²) in [5, 5.41) is 0. The van der Waals surface area contributed by atoms with E-state index in [1.165, 1.54) is 0 Å². The van der Waals surface area contributed by atoms with E-state index >= 15 is 0 Å². The highest BCUT2D eigenvalue weighted by Crippen LogP contribution is 2.09. The second kappa shape index (κ2) is 2.40. The number of hydrogen-bond donors (Lipinski definition) is 0. The van der Waals surface area contributed by atoms with Gasteiger partial charge in [-0.25, -0.2) is 0 Å². The summed E-state index contributed by atoms with van der Waals surface area (Å²) >= 11 is 0. The van der Waals surface area contributed by atoms with E-state index in [2.05, 4.69) is 31.0 Å². The van der Waals surface area contributed by atoms with Crippen LogP contribution < -0.4 is 0 Å². The first kappa shape index (κ1) is 6.22. The standard InChI is InChI=1S/C5H11Si/c1-4(2)5(3)6/h4-5H,1-3H3. The highest BCUT2D eigenvalue weighted by atomic mass is 28.1. The van der Waals surface area contributed by atoms with Crippen molar-refractivity contribution >= 4 is 10.2 Å². The van der Waals surface area contributed by atoms with Crippen LogP contribution in [-0.2, 0) is 0 Å². The Morgan fingerprint density at radius 1 is 1.17 bits per heavy atom. The lowest BCUT2D eigenvalue weighted by molar-refractivity contribution is 0.625. The molecule has 0 nitrogen and oxygen atoms in total. The Kier molecular flexibility index (Phi) is 2.49. The van der Waals surface area contributed by atoms with Crippen molar-refractivity contribution in [3.8, 4) is 0 Å². The predicted molar refractivity (Wildman–Crippen MR) is 30.0 cm³/mol. The molecule has 0 saturated heterocycles. The second-order valence-corrected chi connectivity index (χ2v) is 2.94. The van der Waals surface area contributed by atoms with Gasteiger partial charge in [-0.15, -0.1) is 0 Å². The van der Waals surface area contributed by atoms with Crippen LogP contribution in [0.1, 0.15) is 20.8 Å². The molecule has 0 rings (SSSR count). The Labute approximate surface area is 43.4 Å². The van der Waals surface area contributed by atoms with Crippen molar-refractivity contribution in [2.75, 3.05) is 0 Å². The molecule has 1 heteroatoms. The van der Waals surface area contributed by atoms with Gasteiger partial charge in [0.2, 0.25) is 0 Å². The predicted octanol–water partition coefficient (Wildman–Crippen LogP) is 1.62. The molecular weight excluding hydrogens is 88.1 g/mol. The van der Waals surface area contributed by atoms with Gasteiger partial charge in [0.25, 0.3) is 0 Å². The lowest BCUT2D eigenvalue weighted by Gasteiger charge is -2.05. The monoisotopic (exact) mass is 99.1 g/mol. The molecule has 0 aromatic carbocycles. The molecule has 1 atom stereocenters. The van der Waals surface area contributed by atoms with Crippen molar-refractivity contribution in [1.29, 1.82) is 0 Å². The smallest absolute Gasteiger partial charge is 0.0265 e. The fraction of sp³-hybridized carbons (Fsp3) is 1.00. The van der Waals surface area contributed by atoms with Crippen molar-refractivity contribution in [2.24, 2.45) is 5.92 Å². The van der Waals surface area contributed by atoms with E-state index in [1.54, 1.807) is 0 Å². The van der Waals surface area contributed by atoms with Crippen molar-refractivity contribution in [2.45, 2.75) is 26.3 Å². The van der Waals surface area contributed by atoms with E-state index in [0.29, 0.717) is 5.54 Å². The van der Waals surface area contributed by atoms with Crippen LogP contribution in [0.2, 0.25) is 5.54 Å². The normalized spacial score (nSPS) is 15.5. The highest BCUT2D eigenvalue weighted by Gasteiger charge is 1.96. The van der Waals surface area contributed by atoms with Gasteiger partial charge >= 0.3 is 0 Å². The van der Waals surface area contributed by atoms with Crippen molar-refractivity contribution < 1.29 is 0 Å². The van der Waals surface area contributed by atoms with Crippen LogP contribution in [0, 0.1) is 5.92 Å². The minimum Gasteiger partial charge on any atom is -0.0654 e. The van der Waals surface area contributed by atoms with Crippen LogP contribution in [0.3, 0.4) is 0 Å². The molecule has 0 aliphatic rings. The van der Waals surface area contributed by atoms with Crippen molar-refractivity contribution in [1.82, 2.24) is 0 Å². The first-order valence-electron chi connectivity index (χ1n) is 2.35. The minimum absolute atomic E-state index is 0.657. The van der Waals surface area contributed by atoms with E-state index in [0.717, 1.165) is 5.92 Å².